The summed E-state index contributed by atoms with van der Waals surface area (Å²) in [6, 6.07) is 0. The van der Waals surface area contributed by atoms with Crippen molar-refractivity contribution in [2.24, 2.45) is 11.7 Å². The second-order valence-corrected chi connectivity index (χ2v) is 5.92. The molecular formula is C11H27NO4S. The highest BCUT2D eigenvalue weighted by molar-refractivity contribution is 7.79. The van der Waals surface area contributed by atoms with Crippen molar-refractivity contribution < 1.29 is 17.5 Å². The van der Waals surface area contributed by atoms with Crippen LogP contribution in [0.25, 0.3) is 0 Å². The third-order valence-corrected chi connectivity index (χ3v) is 2.76. The number of rotatable bonds is 6. The van der Waals surface area contributed by atoms with Gasteiger partial charge in [-0.05, 0) is 26.2 Å². The first-order chi connectivity index (χ1) is 7.48. The zero-order valence-corrected chi connectivity index (χ0v) is 12.1. The smallest absolute Gasteiger partial charge is 0.325 e. The molecule has 5 nitrogen and oxygen atoms in total. The summed E-state index contributed by atoms with van der Waals surface area (Å²) in [6.45, 7) is 8.75. The van der Waals surface area contributed by atoms with Gasteiger partial charge in [0.2, 0.25) is 0 Å². The summed E-state index contributed by atoms with van der Waals surface area (Å²) in [4.78, 5) is 0. The zero-order chi connectivity index (χ0) is 14.1. The van der Waals surface area contributed by atoms with Crippen molar-refractivity contribution in [1.29, 1.82) is 0 Å². The lowest BCUT2D eigenvalue weighted by Gasteiger charge is -2.27. The summed E-state index contributed by atoms with van der Waals surface area (Å²) < 4.78 is 31.6. The molecule has 0 aliphatic carbocycles. The first-order valence-corrected chi connectivity index (χ1v) is 7.37. The third-order valence-electron chi connectivity index (χ3n) is 2.76. The van der Waals surface area contributed by atoms with E-state index in [0.29, 0.717) is 5.92 Å². The molecule has 0 aliphatic heterocycles. The van der Waals surface area contributed by atoms with E-state index in [4.69, 9.17) is 23.3 Å². The number of unbranched alkanes of at least 4 members (excludes halogenated alkanes) is 3. The first-order valence-electron chi connectivity index (χ1n) is 5.97. The fourth-order valence-corrected chi connectivity index (χ4v) is 1.25. The monoisotopic (exact) mass is 269 g/mol. The van der Waals surface area contributed by atoms with E-state index in [0.717, 1.165) is 0 Å². The van der Waals surface area contributed by atoms with Crippen LogP contribution in [0.1, 0.15) is 59.8 Å². The summed E-state index contributed by atoms with van der Waals surface area (Å²) in [5, 5.41) is 0. The molecule has 0 saturated carbocycles. The number of hydrogen-bond donors (Lipinski definition) is 3. The molecule has 6 heteroatoms. The van der Waals surface area contributed by atoms with Crippen molar-refractivity contribution in [3.05, 3.63) is 0 Å². The molecule has 0 fully saturated rings. The van der Waals surface area contributed by atoms with Crippen LogP contribution in [0.3, 0.4) is 0 Å². The minimum Gasteiger partial charge on any atom is -0.325 e. The highest BCUT2D eigenvalue weighted by Gasteiger charge is 2.19. The number of hydrogen-bond acceptors (Lipinski definition) is 3. The van der Waals surface area contributed by atoms with Gasteiger partial charge in [0.05, 0.1) is 0 Å². The van der Waals surface area contributed by atoms with Crippen LogP contribution in [0.4, 0.5) is 0 Å². The Morgan fingerprint density at radius 3 is 1.88 bits per heavy atom. The predicted molar refractivity (Wildman–Crippen MR) is 70.4 cm³/mol. The normalized spacial score (nSPS) is 13.8. The second-order valence-electron chi connectivity index (χ2n) is 5.02. The molecule has 0 aromatic heterocycles. The van der Waals surface area contributed by atoms with Gasteiger partial charge in [0.15, 0.2) is 0 Å². The molecule has 0 radical (unpaired) electrons. The molecule has 17 heavy (non-hydrogen) atoms. The van der Waals surface area contributed by atoms with E-state index in [1.54, 1.807) is 0 Å². The highest BCUT2D eigenvalue weighted by Crippen LogP contribution is 2.19. The van der Waals surface area contributed by atoms with Crippen molar-refractivity contribution in [2.45, 2.75) is 65.3 Å². The molecule has 106 valence electrons. The van der Waals surface area contributed by atoms with Crippen molar-refractivity contribution in [1.82, 2.24) is 0 Å². The molecule has 0 rings (SSSR count). The molecule has 0 aromatic rings. The van der Waals surface area contributed by atoms with Crippen molar-refractivity contribution in [3.63, 3.8) is 0 Å². The Morgan fingerprint density at radius 1 is 1.18 bits per heavy atom. The van der Waals surface area contributed by atoms with Gasteiger partial charge in [-0.25, -0.2) is 0 Å². The first kappa shape index (κ1) is 19.2. The fourth-order valence-electron chi connectivity index (χ4n) is 1.25. The molecule has 0 amide bonds. The third kappa shape index (κ3) is 21.6. The van der Waals surface area contributed by atoms with Crippen LogP contribution in [0.2, 0.25) is 0 Å². The van der Waals surface area contributed by atoms with Gasteiger partial charge in [0.1, 0.15) is 0 Å². The summed E-state index contributed by atoms with van der Waals surface area (Å²) >= 11 is 0. The van der Waals surface area contributed by atoms with Crippen LogP contribution in [0.15, 0.2) is 0 Å². The Labute approximate surface area is 105 Å². The fraction of sp³-hybridized carbons (Fsp3) is 1.00. The van der Waals surface area contributed by atoms with Crippen LogP contribution in [-0.2, 0) is 10.4 Å². The van der Waals surface area contributed by atoms with E-state index in [1.165, 1.54) is 32.1 Å². The molecule has 1 atom stereocenters. The quantitative estimate of drug-likeness (QED) is 0.508. The number of nitrogens with two attached hydrogens (primary N) is 1. The highest BCUT2D eigenvalue weighted by atomic mass is 32.3. The van der Waals surface area contributed by atoms with Crippen molar-refractivity contribution in [3.8, 4) is 0 Å². The Bertz CT molecular complexity index is 262. The molecular weight excluding hydrogens is 242 g/mol. The van der Waals surface area contributed by atoms with E-state index < -0.39 is 10.4 Å². The lowest BCUT2D eigenvalue weighted by molar-refractivity contribution is 0.317. The van der Waals surface area contributed by atoms with Crippen LogP contribution in [0.5, 0.6) is 0 Å². The average Bonchev–Trinajstić information content (AvgIpc) is 2.07. The molecule has 4 N–H and O–H groups in total. The van der Waals surface area contributed by atoms with Gasteiger partial charge in [-0.2, -0.15) is 8.42 Å². The van der Waals surface area contributed by atoms with Crippen molar-refractivity contribution >= 4 is 10.4 Å². The molecule has 0 saturated heterocycles. The molecule has 1 unspecified atom stereocenters. The lowest BCUT2D eigenvalue weighted by atomic mass is 9.86. The Hall–Kier alpha value is -0.170. The average molecular weight is 269 g/mol. The topological polar surface area (TPSA) is 101 Å². The molecule has 0 spiro atoms. The lowest BCUT2D eigenvalue weighted by Crippen LogP contribution is -2.39. The van der Waals surface area contributed by atoms with Gasteiger partial charge >= 0.3 is 10.4 Å². The van der Waals surface area contributed by atoms with Gasteiger partial charge in [-0.3, -0.25) is 9.11 Å². The van der Waals surface area contributed by atoms with E-state index in [9.17, 15) is 0 Å². The molecule has 0 aliphatic rings. The van der Waals surface area contributed by atoms with Gasteiger partial charge in [-0.1, -0.05) is 39.5 Å². The molecule has 0 aromatic carbocycles. The maximum absolute atomic E-state index is 8.74. The molecule has 0 bridgehead atoms. The SMILES string of the molecule is CCCCCCC(C)C(C)(C)N.O=S(=O)(O)O. The Kier molecular flexibility index (Phi) is 9.99. The van der Waals surface area contributed by atoms with Gasteiger partial charge in [0, 0.05) is 5.54 Å². The summed E-state index contributed by atoms with van der Waals surface area (Å²) in [6.07, 6.45) is 6.69. The van der Waals surface area contributed by atoms with E-state index >= 15 is 0 Å². The van der Waals surface area contributed by atoms with Crippen LogP contribution in [0, 0.1) is 5.92 Å². The maximum atomic E-state index is 8.74. The largest absolute Gasteiger partial charge is 0.394 e. The van der Waals surface area contributed by atoms with E-state index in [1.807, 2.05) is 0 Å². The van der Waals surface area contributed by atoms with Gasteiger partial charge in [-0.15, -0.1) is 0 Å². The Balaban J connectivity index is 0. The maximum Gasteiger partial charge on any atom is 0.394 e. The van der Waals surface area contributed by atoms with Crippen LogP contribution in [-0.4, -0.2) is 23.1 Å². The predicted octanol–water partition coefficient (Wildman–Crippen LogP) is 2.68. The van der Waals surface area contributed by atoms with Crippen molar-refractivity contribution in [2.75, 3.05) is 0 Å². The summed E-state index contributed by atoms with van der Waals surface area (Å²) in [7, 11) is -4.67. The van der Waals surface area contributed by atoms with E-state index in [2.05, 4.69) is 27.7 Å². The zero-order valence-electron chi connectivity index (χ0n) is 11.3. The van der Waals surface area contributed by atoms with Gasteiger partial charge in [0.25, 0.3) is 0 Å². The minimum absolute atomic E-state index is 0.00617. The van der Waals surface area contributed by atoms with Gasteiger partial charge < -0.3 is 5.73 Å². The minimum atomic E-state index is -4.67. The Morgan fingerprint density at radius 2 is 1.59 bits per heavy atom. The van der Waals surface area contributed by atoms with E-state index in [-0.39, 0.29) is 5.54 Å². The van der Waals surface area contributed by atoms with Crippen LogP contribution >= 0.6 is 0 Å². The second kappa shape index (κ2) is 8.85. The van der Waals surface area contributed by atoms with Crippen LogP contribution < -0.4 is 5.73 Å². The standard InChI is InChI=1S/C11H25N.H2O4S/c1-5-6-7-8-9-10(2)11(3,4)12;1-5(2,3)4/h10H,5-9,12H2,1-4H3;(H2,1,2,3,4). The summed E-state index contributed by atoms with van der Waals surface area (Å²) in [5.74, 6) is 0.648. The molecule has 0 heterocycles. The summed E-state index contributed by atoms with van der Waals surface area (Å²) in [5.41, 5.74) is 6.00.